The van der Waals surface area contributed by atoms with Crippen molar-refractivity contribution in [2.24, 2.45) is 11.3 Å². The van der Waals surface area contributed by atoms with Crippen LogP contribution in [0, 0.1) is 11.3 Å². The van der Waals surface area contributed by atoms with E-state index in [4.69, 9.17) is 0 Å². The minimum absolute atomic E-state index is 0.0119. The van der Waals surface area contributed by atoms with Crippen molar-refractivity contribution in [2.45, 2.75) is 40.2 Å². The van der Waals surface area contributed by atoms with Gasteiger partial charge in [0.05, 0.1) is 12.2 Å². The lowest BCUT2D eigenvalue weighted by Gasteiger charge is -2.43. The zero-order valence-corrected chi connectivity index (χ0v) is 9.33. The second-order valence-corrected chi connectivity index (χ2v) is 4.38. The maximum atomic E-state index is 10.2. The Morgan fingerprint density at radius 3 is 2.00 bits per heavy atom. The lowest BCUT2D eigenvalue weighted by Crippen LogP contribution is -2.48. The van der Waals surface area contributed by atoms with Crippen molar-refractivity contribution in [3.8, 4) is 0 Å². The van der Waals surface area contributed by atoms with Gasteiger partial charge in [0.2, 0.25) is 0 Å². The van der Waals surface area contributed by atoms with Crippen LogP contribution in [0.3, 0.4) is 0 Å². The first-order valence-corrected chi connectivity index (χ1v) is 4.79. The Morgan fingerprint density at radius 2 is 1.77 bits per heavy atom. The van der Waals surface area contributed by atoms with Crippen LogP contribution in [-0.2, 0) is 0 Å². The number of allylic oxidation sites excluding steroid dienone is 1. The molecule has 0 amide bonds. The SMILES string of the molecule is C/C=C/C(C)(O)C(C)(CO)C(C)C. The van der Waals surface area contributed by atoms with Crippen LogP contribution in [0.4, 0.5) is 0 Å². The van der Waals surface area contributed by atoms with E-state index >= 15 is 0 Å². The van der Waals surface area contributed by atoms with Crippen molar-refractivity contribution in [3.05, 3.63) is 12.2 Å². The van der Waals surface area contributed by atoms with Crippen molar-refractivity contribution in [1.82, 2.24) is 0 Å². The van der Waals surface area contributed by atoms with E-state index < -0.39 is 11.0 Å². The highest BCUT2D eigenvalue weighted by molar-refractivity contribution is 5.07. The van der Waals surface area contributed by atoms with Crippen LogP contribution in [-0.4, -0.2) is 22.4 Å². The molecule has 2 nitrogen and oxygen atoms in total. The van der Waals surface area contributed by atoms with Crippen LogP contribution in [0.25, 0.3) is 0 Å². The summed E-state index contributed by atoms with van der Waals surface area (Å²) in [4.78, 5) is 0. The van der Waals surface area contributed by atoms with Gasteiger partial charge < -0.3 is 10.2 Å². The topological polar surface area (TPSA) is 40.5 Å². The molecule has 0 saturated heterocycles. The first-order chi connectivity index (χ1) is 5.81. The van der Waals surface area contributed by atoms with E-state index in [9.17, 15) is 10.2 Å². The molecule has 0 heterocycles. The Morgan fingerprint density at radius 1 is 1.31 bits per heavy atom. The van der Waals surface area contributed by atoms with Gasteiger partial charge in [-0.05, 0) is 19.8 Å². The minimum atomic E-state index is -0.954. The normalized spacial score (nSPS) is 21.8. The van der Waals surface area contributed by atoms with Gasteiger partial charge in [0.25, 0.3) is 0 Å². The molecule has 2 N–H and O–H groups in total. The van der Waals surface area contributed by atoms with Gasteiger partial charge in [-0.15, -0.1) is 0 Å². The molecule has 0 aliphatic carbocycles. The van der Waals surface area contributed by atoms with Gasteiger partial charge in [0, 0.05) is 5.41 Å². The maximum Gasteiger partial charge on any atom is 0.0877 e. The van der Waals surface area contributed by atoms with Crippen molar-refractivity contribution in [1.29, 1.82) is 0 Å². The van der Waals surface area contributed by atoms with Crippen molar-refractivity contribution in [3.63, 3.8) is 0 Å². The number of hydrogen-bond acceptors (Lipinski definition) is 2. The largest absolute Gasteiger partial charge is 0.396 e. The molecule has 0 aromatic carbocycles. The summed E-state index contributed by atoms with van der Waals surface area (Å²) in [5.74, 6) is 0.226. The molecule has 0 fully saturated rings. The van der Waals surface area contributed by atoms with Gasteiger partial charge in [-0.3, -0.25) is 0 Å². The molecule has 0 aromatic heterocycles. The summed E-state index contributed by atoms with van der Waals surface area (Å²) in [5, 5.41) is 19.5. The molecule has 0 aromatic rings. The fraction of sp³-hybridized carbons (Fsp3) is 0.818. The molecule has 13 heavy (non-hydrogen) atoms. The number of aliphatic hydroxyl groups excluding tert-OH is 1. The highest BCUT2D eigenvalue weighted by Gasteiger charge is 2.43. The van der Waals surface area contributed by atoms with Crippen LogP contribution >= 0.6 is 0 Å². The van der Waals surface area contributed by atoms with Crippen LogP contribution in [0.2, 0.25) is 0 Å². The molecule has 0 rings (SSSR count). The van der Waals surface area contributed by atoms with Gasteiger partial charge in [-0.1, -0.05) is 32.9 Å². The maximum absolute atomic E-state index is 10.2. The van der Waals surface area contributed by atoms with Gasteiger partial charge in [0.1, 0.15) is 0 Å². The Balaban J connectivity index is 4.94. The lowest BCUT2D eigenvalue weighted by molar-refractivity contribution is -0.0791. The van der Waals surface area contributed by atoms with Crippen LogP contribution in [0.5, 0.6) is 0 Å². The van der Waals surface area contributed by atoms with E-state index in [1.54, 1.807) is 13.0 Å². The van der Waals surface area contributed by atoms with Gasteiger partial charge in [-0.25, -0.2) is 0 Å². The highest BCUT2D eigenvalue weighted by Crippen LogP contribution is 2.38. The van der Waals surface area contributed by atoms with Crippen molar-refractivity contribution in [2.75, 3.05) is 6.61 Å². The molecule has 0 spiro atoms. The second-order valence-electron chi connectivity index (χ2n) is 4.38. The fourth-order valence-corrected chi connectivity index (χ4v) is 1.44. The average Bonchev–Trinajstić information content (AvgIpc) is 2.02. The van der Waals surface area contributed by atoms with Gasteiger partial charge in [-0.2, -0.15) is 0 Å². The molecular weight excluding hydrogens is 164 g/mol. The molecule has 0 saturated carbocycles. The van der Waals surface area contributed by atoms with Crippen LogP contribution in [0.1, 0.15) is 34.6 Å². The monoisotopic (exact) mass is 186 g/mol. The summed E-state index contributed by atoms with van der Waals surface area (Å²) in [6.45, 7) is 9.51. The van der Waals surface area contributed by atoms with E-state index in [1.807, 2.05) is 33.8 Å². The van der Waals surface area contributed by atoms with E-state index in [0.29, 0.717) is 0 Å². The highest BCUT2D eigenvalue weighted by atomic mass is 16.3. The first kappa shape index (κ1) is 12.7. The summed E-state index contributed by atoms with van der Waals surface area (Å²) in [6.07, 6.45) is 3.56. The van der Waals surface area contributed by atoms with Crippen molar-refractivity contribution < 1.29 is 10.2 Å². The van der Waals surface area contributed by atoms with Crippen LogP contribution < -0.4 is 0 Å². The second kappa shape index (κ2) is 4.25. The molecular formula is C11H22O2. The Labute approximate surface area is 81.3 Å². The predicted octanol–water partition coefficient (Wildman–Crippen LogP) is 1.97. The third-order valence-corrected chi connectivity index (χ3v) is 3.25. The Kier molecular flexibility index (Phi) is 4.14. The summed E-state index contributed by atoms with van der Waals surface area (Å²) in [7, 11) is 0. The van der Waals surface area contributed by atoms with Gasteiger partial charge >= 0.3 is 0 Å². The average molecular weight is 186 g/mol. The summed E-state index contributed by atoms with van der Waals surface area (Å²) in [6, 6.07) is 0. The van der Waals surface area contributed by atoms with Crippen LogP contribution in [0.15, 0.2) is 12.2 Å². The molecule has 78 valence electrons. The number of hydrogen-bond donors (Lipinski definition) is 2. The van der Waals surface area contributed by atoms with Crippen molar-refractivity contribution >= 4 is 0 Å². The molecule has 2 heteroatoms. The fourth-order valence-electron chi connectivity index (χ4n) is 1.44. The predicted molar refractivity (Wildman–Crippen MR) is 55.5 cm³/mol. The summed E-state index contributed by atoms with van der Waals surface area (Å²) < 4.78 is 0. The molecule has 2 unspecified atom stereocenters. The smallest absolute Gasteiger partial charge is 0.0877 e. The molecule has 0 aliphatic heterocycles. The summed E-state index contributed by atoms with van der Waals surface area (Å²) in [5.41, 5.74) is -1.44. The first-order valence-electron chi connectivity index (χ1n) is 4.79. The van der Waals surface area contributed by atoms with E-state index in [0.717, 1.165) is 0 Å². The molecule has 0 radical (unpaired) electrons. The van der Waals surface area contributed by atoms with Gasteiger partial charge in [0.15, 0.2) is 0 Å². The summed E-state index contributed by atoms with van der Waals surface area (Å²) >= 11 is 0. The Bertz CT molecular complexity index is 183. The van der Waals surface area contributed by atoms with E-state index in [1.165, 1.54) is 0 Å². The standard InChI is InChI=1S/C11H22O2/c1-6-7-11(5,13)10(4,8-12)9(2)3/h6-7,9,12-13H,8H2,1-5H3/b7-6+. The van der Waals surface area contributed by atoms with E-state index in [-0.39, 0.29) is 12.5 Å². The lowest BCUT2D eigenvalue weighted by atomic mass is 9.67. The molecule has 0 aliphatic rings. The minimum Gasteiger partial charge on any atom is -0.396 e. The zero-order valence-electron chi connectivity index (χ0n) is 9.33. The molecule has 0 bridgehead atoms. The zero-order chi connectivity index (χ0) is 10.7. The quantitative estimate of drug-likeness (QED) is 0.659. The Hall–Kier alpha value is -0.340. The van der Waals surface area contributed by atoms with E-state index in [2.05, 4.69) is 0 Å². The third kappa shape index (κ3) is 2.32. The number of aliphatic hydroxyl groups is 2. The number of rotatable bonds is 4. The molecule has 2 atom stereocenters. The third-order valence-electron chi connectivity index (χ3n) is 3.25.